The van der Waals surface area contributed by atoms with Gasteiger partial charge < -0.3 is 9.80 Å². The first-order chi connectivity index (χ1) is 8.00. The molecule has 2 saturated heterocycles. The number of hydrogen-bond acceptors (Lipinski definition) is 2. The van der Waals surface area contributed by atoms with Crippen molar-refractivity contribution in [3.8, 4) is 0 Å². The molecule has 2 fully saturated rings. The molecule has 0 saturated carbocycles. The first-order valence-electron chi connectivity index (χ1n) is 6.71. The summed E-state index contributed by atoms with van der Waals surface area (Å²) in [5, 5.41) is 0. The molecular weight excluding hydrogens is 219 g/mol. The van der Waals surface area contributed by atoms with E-state index in [0.29, 0.717) is 18.9 Å². The number of amides is 1. The fraction of sp³-hybridized carbons (Fsp3) is 0.923. The van der Waals surface area contributed by atoms with E-state index in [1.807, 2.05) is 0 Å². The van der Waals surface area contributed by atoms with Crippen LogP contribution in [0.15, 0.2) is 0 Å². The zero-order valence-corrected chi connectivity index (χ0v) is 10.9. The van der Waals surface area contributed by atoms with Crippen molar-refractivity contribution in [2.45, 2.75) is 51.2 Å². The summed E-state index contributed by atoms with van der Waals surface area (Å²) in [7, 11) is 0. The smallest absolute Gasteiger partial charge is 0.225 e. The van der Waals surface area contributed by atoms with Crippen molar-refractivity contribution < 1.29 is 9.18 Å². The summed E-state index contributed by atoms with van der Waals surface area (Å²) < 4.78 is 14.5. The minimum atomic E-state index is -1.25. The molecule has 0 aromatic heterocycles. The fourth-order valence-corrected chi connectivity index (χ4v) is 2.57. The van der Waals surface area contributed by atoms with E-state index >= 15 is 0 Å². The van der Waals surface area contributed by atoms with Gasteiger partial charge in [0.1, 0.15) is 5.67 Å². The topological polar surface area (TPSA) is 23.6 Å². The minimum absolute atomic E-state index is 0.0109. The van der Waals surface area contributed by atoms with Gasteiger partial charge in [0.25, 0.3) is 0 Å². The third kappa shape index (κ3) is 2.97. The summed E-state index contributed by atoms with van der Waals surface area (Å²) in [4.78, 5) is 15.8. The van der Waals surface area contributed by atoms with Gasteiger partial charge in [-0.25, -0.2) is 4.39 Å². The molecular formula is C13H23FN2O. The predicted molar refractivity (Wildman–Crippen MR) is 65.6 cm³/mol. The predicted octanol–water partition coefficient (Wildman–Crippen LogP) is 1.82. The molecule has 0 atom stereocenters. The normalized spacial score (nSPS) is 24.8. The van der Waals surface area contributed by atoms with E-state index in [-0.39, 0.29) is 12.3 Å². The van der Waals surface area contributed by atoms with Crippen LogP contribution in [0.3, 0.4) is 0 Å². The molecule has 17 heavy (non-hydrogen) atoms. The Bertz CT molecular complexity index is 281. The zero-order valence-electron chi connectivity index (χ0n) is 10.9. The Morgan fingerprint density at radius 1 is 1.24 bits per heavy atom. The van der Waals surface area contributed by atoms with Crippen LogP contribution in [0.2, 0.25) is 0 Å². The Morgan fingerprint density at radius 3 is 2.24 bits per heavy atom. The molecule has 4 heteroatoms. The van der Waals surface area contributed by atoms with Crippen molar-refractivity contribution in [2.24, 2.45) is 0 Å². The van der Waals surface area contributed by atoms with Gasteiger partial charge in [-0.15, -0.1) is 0 Å². The SMILES string of the molecule is CC(C)N1CCC(F)(CC(=O)N2CCC2)CC1. The van der Waals surface area contributed by atoms with Gasteiger partial charge >= 0.3 is 0 Å². The van der Waals surface area contributed by atoms with E-state index in [0.717, 1.165) is 32.6 Å². The van der Waals surface area contributed by atoms with Gasteiger partial charge in [-0.05, 0) is 33.1 Å². The van der Waals surface area contributed by atoms with Crippen molar-refractivity contribution in [1.29, 1.82) is 0 Å². The van der Waals surface area contributed by atoms with Crippen LogP contribution in [0.25, 0.3) is 0 Å². The van der Waals surface area contributed by atoms with Crippen LogP contribution in [0.1, 0.15) is 39.5 Å². The Labute approximate surface area is 103 Å². The lowest BCUT2D eigenvalue weighted by atomic mass is 9.88. The molecule has 0 N–H and O–H groups in total. The summed E-state index contributed by atoms with van der Waals surface area (Å²) in [5.74, 6) is 0.0109. The summed E-state index contributed by atoms with van der Waals surface area (Å²) in [6, 6.07) is 0.477. The third-order valence-electron chi connectivity index (χ3n) is 4.10. The summed E-state index contributed by atoms with van der Waals surface area (Å²) in [6.45, 7) is 7.48. The Kier molecular flexibility index (Phi) is 3.71. The number of nitrogens with zero attached hydrogens (tertiary/aromatic N) is 2. The van der Waals surface area contributed by atoms with Crippen LogP contribution < -0.4 is 0 Å². The van der Waals surface area contributed by atoms with Crippen LogP contribution in [-0.2, 0) is 4.79 Å². The molecule has 2 heterocycles. The molecule has 2 aliphatic heterocycles. The van der Waals surface area contributed by atoms with Crippen molar-refractivity contribution >= 4 is 5.91 Å². The van der Waals surface area contributed by atoms with Crippen molar-refractivity contribution in [3.05, 3.63) is 0 Å². The van der Waals surface area contributed by atoms with E-state index in [4.69, 9.17) is 0 Å². The first-order valence-corrected chi connectivity index (χ1v) is 6.71. The number of carbonyl (C=O) groups excluding carboxylic acids is 1. The summed E-state index contributed by atoms with van der Waals surface area (Å²) in [6.07, 6.45) is 2.18. The number of piperidine rings is 1. The standard InChI is InChI=1S/C13H23FN2O/c1-11(2)15-8-4-13(14,5-9-15)10-12(17)16-6-3-7-16/h11H,3-10H2,1-2H3. The lowest BCUT2D eigenvalue weighted by Crippen LogP contribution is -2.49. The van der Waals surface area contributed by atoms with Crippen molar-refractivity contribution in [3.63, 3.8) is 0 Å². The highest BCUT2D eigenvalue weighted by molar-refractivity contribution is 5.78. The molecule has 0 spiro atoms. The number of carbonyl (C=O) groups is 1. The van der Waals surface area contributed by atoms with Crippen LogP contribution in [0, 0.1) is 0 Å². The van der Waals surface area contributed by atoms with Gasteiger partial charge in [0.15, 0.2) is 0 Å². The number of likely N-dealkylation sites (tertiary alicyclic amines) is 2. The average Bonchev–Trinajstić information content (AvgIpc) is 2.14. The Balaban J connectivity index is 1.82. The quantitative estimate of drug-likeness (QED) is 0.753. The molecule has 2 aliphatic rings. The van der Waals surface area contributed by atoms with Crippen LogP contribution in [0.5, 0.6) is 0 Å². The van der Waals surface area contributed by atoms with E-state index in [1.165, 1.54) is 0 Å². The van der Waals surface area contributed by atoms with E-state index < -0.39 is 5.67 Å². The second kappa shape index (κ2) is 4.92. The molecule has 2 rings (SSSR count). The second-order valence-electron chi connectivity index (χ2n) is 5.69. The average molecular weight is 242 g/mol. The number of halogens is 1. The molecule has 1 amide bonds. The number of rotatable bonds is 3. The van der Waals surface area contributed by atoms with Gasteiger partial charge in [-0.3, -0.25) is 4.79 Å². The van der Waals surface area contributed by atoms with Crippen LogP contribution in [-0.4, -0.2) is 53.6 Å². The van der Waals surface area contributed by atoms with Crippen LogP contribution in [0.4, 0.5) is 4.39 Å². The van der Waals surface area contributed by atoms with Crippen molar-refractivity contribution in [2.75, 3.05) is 26.2 Å². The number of hydrogen-bond donors (Lipinski definition) is 0. The molecule has 98 valence electrons. The maximum Gasteiger partial charge on any atom is 0.225 e. The first kappa shape index (κ1) is 12.8. The molecule has 0 unspecified atom stereocenters. The Morgan fingerprint density at radius 2 is 1.82 bits per heavy atom. The maximum absolute atomic E-state index is 14.5. The minimum Gasteiger partial charge on any atom is -0.342 e. The molecule has 0 aromatic rings. The fourth-order valence-electron chi connectivity index (χ4n) is 2.57. The third-order valence-corrected chi connectivity index (χ3v) is 4.10. The van der Waals surface area contributed by atoms with Gasteiger partial charge in [0.2, 0.25) is 5.91 Å². The van der Waals surface area contributed by atoms with Crippen molar-refractivity contribution in [1.82, 2.24) is 9.80 Å². The van der Waals surface area contributed by atoms with Gasteiger partial charge in [0.05, 0.1) is 6.42 Å². The zero-order chi connectivity index (χ0) is 12.5. The van der Waals surface area contributed by atoms with Crippen LogP contribution >= 0.6 is 0 Å². The maximum atomic E-state index is 14.5. The largest absolute Gasteiger partial charge is 0.342 e. The highest BCUT2D eigenvalue weighted by atomic mass is 19.1. The second-order valence-corrected chi connectivity index (χ2v) is 5.69. The summed E-state index contributed by atoms with van der Waals surface area (Å²) in [5.41, 5.74) is -1.25. The van der Waals surface area contributed by atoms with E-state index in [1.54, 1.807) is 4.90 Å². The molecule has 0 aromatic carbocycles. The van der Waals surface area contributed by atoms with E-state index in [2.05, 4.69) is 18.7 Å². The monoisotopic (exact) mass is 242 g/mol. The molecule has 0 bridgehead atoms. The molecule has 0 radical (unpaired) electrons. The Hall–Kier alpha value is -0.640. The molecule has 0 aliphatic carbocycles. The van der Waals surface area contributed by atoms with Gasteiger partial charge in [0, 0.05) is 32.2 Å². The summed E-state index contributed by atoms with van der Waals surface area (Å²) >= 11 is 0. The lowest BCUT2D eigenvalue weighted by molar-refractivity contribution is -0.138. The van der Waals surface area contributed by atoms with Gasteiger partial charge in [-0.2, -0.15) is 0 Å². The number of alkyl halides is 1. The van der Waals surface area contributed by atoms with E-state index in [9.17, 15) is 9.18 Å². The van der Waals surface area contributed by atoms with Gasteiger partial charge in [-0.1, -0.05) is 0 Å². The highest BCUT2D eigenvalue weighted by Crippen LogP contribution is 2.31. The highest BCUT2D eigenvalue weighted by Gasteiger charge is 2.38. The molecule has 3 nitrogen and oxygen atoms in total. The lowest BCUT2D eigenvalue weighted by Gasteiger charge is -2.40.